The second kappa shape index (κ2) is 8.01. The van der Waals surface area contributed by atoms with Gasteiger partial charge in [-0.25, -0.2) is 0 Å². The average molecular weight is 463 g/mol. The molecule has 0 spiro atoms. The topological polar surface area (TPSA) is 76.3 Å². The smallest absolute Gasteiger partial charge is 0.103 e. The predicted molar refractivity (Wildman–Crippen MR) is 130 cm³/mol. The average Bonchev–Trinajstić information content (AvgIpc) is 3.18. The van der Waals surface area contributed by atoms with Crippen LogP contribution >= 0.6 is 23.2 Å². The quantitative estimate of drug-likeness (QED) is 0.274. The Morgan fingerprint density at radius 2 is 1.09 bits per heavy atom. The van der Waals surface area contributed by atoms with Crippen LogP contribution in [0.5, 0.6) is 0 Å². The maximum Gasteiger partial charge on any atom is 0.103 e. The fourth-order valence-corrected chi connectivity index (χ4v) is 4.95. The highest BCUT2D eigenvalue weighted by atomic mass is 35.5. The van der Waals surface area contributed by atoms with E-state index in [0.29, 0.717) is 22.4 Å². The summed E-state index contributed by atoms with van der Waals surface area (Å²) in [6.07, 6.45) is 0. The zero-order valence-corrected chi connectivity index (χ0v) is 18.5. The van der Waals surface area contributed by atoms with Crippen LogP contribution in [0.25, 0.3) is 38.6 Å². The van der Waals surface area contributed by atoms with Gasteiger partial charge in [0.05, 0.1) is 49.5 Å². The standard InChI is InChI=1S/C27H12Cl2N4/c28-25-20(14-31)27(21(15-32)26(29)24(25)17-11-9-16(13-30)10-12-17)33-22-7-3-1-5-18(22)19-6-2-4-8-23(19)33/h1-12H. The van der Waals surface area contributed by atoms with Crippen molar-refractivity contribution >= 4 is 45.0 Å². The highest BCUT2D eigenvalue weighted by molar-refractivity contribution is 6.41. The minimum Gasteiger partial charge on any atom is -0.307 e. The molecule has 5 rings (SSSR count). The largest absolute Gasteiger partial charge is 0.307 e. The molecule has 0 amide bonds. The van der Waals surface area contributed by atoms with Gasteiger partial charge in [0.1, 0.15) is 12.1 Å². The predicted octanol–water partition coefficient (Wildman–Crippen LogP) is 7.37. The molecule has 1 heterocycles. The minimum absolute atomic E-state index is 0.156. The first kappa shape index (κ1) is 20.6. The van der Waals surface area contributed by atoms with Gasteiger partial charge in [-0.05, 0) is 29.8 Å². The van der Waals surface area contributed by atoms with Crippen LogP contribution in [0.4, 0.5) is 0 Å². The summed E-state index contributed by atoms with van der Waals surface area (Å²) in [6, 6.07) is 28.7. The number of nitriles is 3. The minimum atomic E-state index is 0.156. The summed E-state index contributed by atoms with van der Waals surface area (Å²) >= 11 is 13.6. The number of hydrogen-bond donors (Lipinski definition) is 0. The summed E-state index contributed by atoms with van der Waals surface area (Å²) in [7, 11) is 0. The normalized spacial score (nSPS) is 10.6. The van der Waals surface area contributed by atoms with E-state index in [4.69, 9.17) is 28.5 Å². The Balaban J connectivity index is 1.94. The van der Waals surface area contributed by atoms with Crippen molar-refractivity contribution < 1.29 is 0 Å². The fourth-order valence-electron chi connectivity index (χ4n) is 4.24. The number of aromatic nitrogens is 1. The summed E-state index contributed by atoms with van der Waals surface area (Å²) in [6.45, 7) is 0. The molecular formula is C27H12Cl2N4. The molecule has 0 radical (unpaired) electrons. The van der Waals surface area contributed by atoms with Gasteiger partial charge in [0.25, 0.3) is 0 Å². The monoisotopic (exact) mass is 462 g/mol. The van der Waals surface area contributed by atoms with E-state index in [1.165, 1.54) is 0 Å². The summed E-state index contributed by atoms with van der Waals surface area (Å²) in [5, 5.41) is 31.7. The number of rotatable bonds is 2. The summed E-state index contributed by atoms with van der Waals surface area (Å²) < 4.78 is 1.88. The van der Waals surface area contributed by atoms with Gasteiger partial charge < -0.3 is 4.57 Å². The zero-order valence-electron chi connectivity index (χ0n) is 17.0. The van der Waals surface area contributed by atoms with E-state index in [1.807, 2.05) is 53.1 Å². The van der Waals surface area contributed by atoms with Gasteiger partial charge in [-0.15, -0.1) is 0 Å². The Bertz CT molecular complexity index is 1610. The molecule has 0 atom stereocenters. The van der Waals surface area contributed by atoms with E-state index in [0.717, 1.165) is 21.8 Å². The molecule has 0 aliphatic heterocycles. The van der Waals surface area contributed by atoms with Crippen molar-refractivity contribution in [2.24, 2.45) is 0 Å². The lowest BCUT2D eigenvalue weighted by molar-refractivity contribution is 1.16. The molecule has 0 saturated heterocycles. The molecule has 0 saturated carbocycles. The van der Waals surface area contributed by atoms with Crippen LogP contribution in [0, 0.1) is 34.0 Å². The SMILES string of the molecule is N#Cc1ccc(-c2c(Cl)c(C#N)c(-n3c4ccccc4c4ccccc43)c(C#N)c2Cl)cc1. The van der Waals surface area contributed by atoms with Crippen molar-refractivity contribution in [3.63, 3.8) is 0 Å². The van der Waals surface area contributed by atoms with Crippen LogP contribution in [-0.2, 0) is 0 Å². The molecule has 0 fully saturated rings. The van der Waals surface area contributed by atoms with E-state index in [2.05, 4.69) is 18.2 Å². The van der Waals surface area contributed by atoms with Crippen molar-refractivity contribution in [1.82, 2.24) is 4.57 Å². The maximum atomic E-state index is 10.2. The number of fused-ring (bicyclic) bond motifs is 3. The molecule has 154 valence electrons. The van der Waals surface area contributed by atoms with Crippen LogP contribution in [0.2, 0.25) is 10.0 Å². The third kappa shape index (κ3) is 3.04. The van der Waals surface area contributed by atoms with Gasteiger partial charge in [0.2, 0.25) is 0 Å². The molecule has 0 N–H and O–H groups in total. The first-order valence-corrected chi connectivity index (χ1v) is 10.7. The van der Waals surface area contributed by atoms with Gasteiger partial charge in [0.15, 0.2) is 0 Å². The molecule has 5 aromatic rings. The van der Waals surface area contributed by atoms with Gasteiger partial charge in [-0.1, -0.05) is 71.7 Å². The molecule has 0 unspecified atom stereocenters. The maximum absolute atomic E-state index is 10.2. The molecule has 1 aromatic heterocycles. The Morgan fingerprint density at radius 1 is 0.606 bits per heavy atom. The molecular weight excluding hydrogens is 451 g/mol. The molecule has 6 heteroatoms. The van der Waals surface area contributed by atoms with Gasteiger partial charge in [-0.3, -0.25) is 0 Å². The summed E-state index contributed by atoms with van der Waals surface area (Å²) in [4.78, 5) is 0. The lowest BCUT2D eigenvalue weighted by atomic mass is 9.97. The van der Waals surface area contributed by atoms with E-state index >= 15 is 0 Å². The Kier molecular flexibility index (Phi) is 5.01. The van der Waals surface area contributed by atoms with E-state index in [1.54, 1.807) is 24.3 Å². The van der Waals surface area contributed by atoms with Crippen LogP contribution in [0.1, 0.15) is 16.7 Å². The lowest BCUT2D eigenvalue weighted by Gasteiger charge is -2.18. The van der Waals surface area contributed by atoms with Crippen molar-refractivity contribution in [3.05, 3.63) is 99.5 Å². The number of para-hydroxylation sites is 2. The molecule has 4 aromatic carbocycles. The van der Waals surface area contributed by atoms with Gasteiger partial charge >= 0.3 is 0 Å². The van der Waals surface area contributed by atoms with E-state index in [9.17, 15) is 10.5 Å². The zero-order chi connectivity index (χ0) is 23.1. The van der Waals surface area contributed by atoms with Crippen LogP contribution in [0.15, 0.2) is 72.8 Å². The summed E-state index contributed by atoms with van der Waals surface area (Å²) in [5.41, 5.74) is 3.83. The number of nitrogens with zero attached hydrogens (tertiary/aromatic N) is 4. The Morgan fingerprint density at radius 3 is 1.55 bits per heavy atom. The van der Waals surface area contributed by atoms with Crippen LogP contribution in [0.3, 0.4) is 0 Å². The highest BCUT2D eigenvalue weighted by Gasteiger charge is 2.26. The lowest BCUT2D eigenvalue weighted by Crippen LogP contribution is -2.04. The fraction of sp³-hybridized carbons (Fsp3) is 0. The van der Waals surface area contributed by atoms with Gasteiger partial charge in [0, 0.05) is 16.3 Å². The highest BCUT2D eigenvalue weighted by Crippen LogP contribution is 2.45. The Labute approximate surface area is 199 Å². The molecule has 0 aliphatic carbocycles. The molecule has 0 bridgehead atoms. The van der Waals surface area contributed by atoms with E-state index < -0.39 is 0 Å². The number of hydrogen-bond acceptors (Lipinski definition) is 3. The third-order valence-corrected chi connectivity index (χ3v) is 6.44. The first-order chi connectivity index (χ1) is 16.1. The molecule has 33 heavy (non-hydrogen) atoms. The van der Waals surface area contributed by atoms with Crippen molar-refractivity contribution in [2.45, 2.75) is 0 Å². The number of benzene rings is 4. The summed E-state index contributed by atoms with van der Waals surface area (Å²) in [5.74, 6) is 0. The second-order valence-electron chi connectivity index (χ2n) is 7.38. The van der Waals surface area contributed by atoms with E-state index in [-0.39, 0.29) is 21.2 Å². The van der Waals surface area contributed by atoms with Crippen molar-refractivity contribution in [2.75, 3.05) is 0 Å². The third-order valence-electron chi connectivity index (χ3n) is 5.68. The number of halogens is 2. The second-order valence-corrected chi connectivity index (χ2v) is 8.14. The van der Waals surface area contributed by atoms with Gasteiger partial charge in [-0.2, -0.15) is 15.8 Å². The molecule has 0 aliphatic rings. The first-order valence-electron chi connectivity index (χ1n) is 9.95. The van der Waals surface area contributed by atoms with Crippen LogP contribution < -0.4 is 0 Å². The van der Waals surface area contributed by atoms with Crippen molar-refractivity contribution in [3.8, 4) is 35.0 Å². The van der Waals surface area contributed by atoms with Crippen molar-refractivity contribution in [1.29, 1.82) is 15.8 Å². The molecule has 4 nitrogen and oxygen atoms in total. The van der Waals surface area contributed by atoms with Crippen LogP contribution in [-0.4, -0.2) is 4.57 Å². The Hall–Kier alpha value is -4.27.